The fourth-order valence-corrected chi connectivity index (χ4v) is 3.94. The number of nitriles is 1. The van der Waals surface area contributed by atoms with E-state index in [-0.39, 0.29) is 5.91 Å². The average Bonchev–Trinajstić information content (AvgIpc) is 3.16. The number of amides is 1. The molecule has 1 atom stereocenters. The first-order chi connectivity index (χ1) is 14.1. The summed E-state index contributed by atoms with van der Waals surface area (Å²) < 4.78 is 1.87. The molecule has 29 heavy (non-hydrogen) atoms. The maximum absolute atomic E-state index is 13.0. The summed E-state index contributed by atoms with van der Waals surface area (Å²) in [5.74, 6) is -0.0964. The van der Waals surface area contributed by atoms with Crippen LogP contribution in [-0.4, -0.2) is 39.5 Å². The van der Waals surface area contributed by atoms with Gasteiger partial charge in [-0.3, -0.25) is 4.79 Å². The molecule has 1 amide bonds. The van der Waals surface area contributed by atoms with Gasteiger partial charge in [0.1, 0.15) is 0 Å². The SMILES string of the molecule is Cn1cncc1CC(N)C(=O)N1CCC(C#N)=C(c2cccc3ccccc23)C1. The molecule has 0 aliphatic carbocycles. The molecule has 2 aromatic carbocycles. The zero-order chi connectivity index (χ0) is 20.4. The molecule has 2 heterocycles. The second kappa shape index (κ2) is 7.90. The number of carbonyl (C=O) groups excluding carboxylic acids is 1. The third kappa shape index (κ3) is 3.65. The van der Waals surface area contributed by atoms with Crippen molar-refractivity contribution in [3.8, 4) is 6.07 Å². The molecule has 6 heteroatoms. The molecular formula is C23H23N5O. The van der Waals surface area contributed by atoms with Crippen molar-refractivity contribution in [1.29, 1.82) is 5.26 Å². The Kier molecular flexibility index (Phi) is 5.15. The summed E-state index contributed by atoms with van der Waals surface area (Å²) in [4.78, 5) is 18.9. The molecule has 0 fully saturated rings. The van der Waals surface area contributed by atoms with E-state index in [1.54, 1.807) is 17.4 Å². The van der Waals surface area contributed by atoms with Crippen LogP contribution in [0.4, 0.5) is 0 Å². The molecule has 1 unspecified atom stereocenters. The molecule has 0 spiro atoms. The van der Waals surface area contributed by atoms with Crippen LogP contribution >= 0.6 is 0 Å². The van der Waals surface area contributed by atoms with Gasteiger partial charge in [-0.2, -0.15) is 5.26 Å². The summed E-state index contributed by atoms with van der Waals surface area (Å²) in [5.41, 5.74) is 9.82. The molecule has 3 aromatic rings. The van der Waals surface area contributed by atoms with Gasteiger partial charge in [0.25, 0.3) is 0 Å². The number of nitrogens with two attached hydrogens (primary N) is 1. The molecule has 2 N–H and O–H groups in total. The molecule has 146 valence electrons. The van der Waals surface area contributed by atoms with E-state index in [4.69, 9.17) is 5.73 Å². The topological polar surface area (TPSA) is 87.9 Å². The van der Waals surface area contributed by atoms with Crippen LogP contribution in [-0.2, 0) is 18.3 Å². The Morgan fingerprint density at radius 1 is 1.28 bits per heavy atom. The number of benzene rings is 2. The zero-order valence-electron chi connectivity index (χ0n) is 16.4. The van der Waals surface area contributed by atoms with Crippen LogP contribution < -0.4 is 5.73 Å². The Morgan fingerprint density at radius 3 is 2.83 bits per heavy atom. The molecule has 0 saturated heterocycles. The van der Waals surface area contributed by atoms with Crippen molar-refractivity contribution in [2.24, 2.45) is 12.8 Å². The van der Waals surface area contributed by atoms with Crippen molar-refractivity contribution in [2.75, 3.05) is 13.1 Å². The molecule has 4 rings (SSSR count). The number of aromatic nitrogens is 2. The van der Waals surface area contributed by atoms with Gasteiger partial charge >= 0.3 is 0 Å². The third-order valence-corrected chi connectivity index (χ3v) is 5.57. The average molecular weight is 385 g/mol. The normalized spacial score (nSPS) is 15.4. The van der Waals surface area contributed by atoms with E-state index >= 15 is 0 Å². The first-order valence-electron chi connectivity index (χ1n) is 9.68. The number of imidazole rings is 1. The quantitative estimate of drug-likeness (QED) is 0.748. The van der Waals surface area contributed by atoms with Crippen LogP contribution in [0.5, 0.6) is 0 Å². The molecule has 1 aliphatic heterocycles. The molecule has 0 radical (unpaired) electrons. The first-order valence-corrected chi connectivity index (χ1v) is 9.68. The largest absolute Gasteiger partial charge is 0.338 e. The number of nitrogens with zero attached hydrogens (tertiary/aromatic N) is 4. The van der Waals surface area contributed by atoms with Crippen molar-refractivity contribution in [3.63, 3.8) is 0 Å². The monoisotopic (exact) mass is 385 g/mol. The number of hydrogen-bond acceptors (Lipinski definition) is 4. The molecular weight excluding hydrogens is 362 g/mol. The summed E-state index contributed by atoms with van der Waals surface area (Å²) in [5, 5.41) is 11.9. The fourth-order valence-electron chi connectivity index (χ4n) is 3.94. The van der Waals surface area contributed by atoms with Crippen molar-refractivity contribution in [2.45, 2.75) is 18.9 Å². The molecule has 0 saturated carbocycles. The van der Waals surface area contributed by atoms with Crippen molar-refractivity contribution < 1.29 is 4.79 Å². The van der Waals surface area contributed by atoms with Crippen molar-refractivity contribution in [1.82, 2.24) is 14.5 Å². The first kappa shape index (κ1) is 18.9. The van der Waals surface area contributed by atoms with Gasteiger partial charge in [-0.15, -0.1) is 0 Å². The van der Waals surface area contributed by atoms with E-state index in [1.165, 1.54) is 0 Å². The highest BCUT2D eigenvalue weighted by Crippen LogP contribution is 2.31. The smallest absolute Gasteiger partial charge is 0.240 e. The molecule has 1 aromatic heterocycles. The third-order valence-electron chi connectivity index (χ3n) is 5.57. The highest BCUT2D eigenvalue weighted by molar-refractivity contribution is 5.96. The summed E-state index contributed by atoms with van der Waals surface area (Å²) >= 11 is 0. The number of fused-ring (bicyclic) bond motifs is 1. The van der Waals surface area contributed by atoms with Crippen LogP contribution in [0.25, 0.3) is 16.3 Å². The summed E-state index contributed by atoms with van der Waals surface area (Å²) in [6.45, 7) is 0.907. The Hall–Kier alpha value is -3.43. The lowest BCUT2D eigenvalue weighted by molar-refractivity contribution is -0.132. The lowest BCUT2D eigenvalue weighted by atomic mass is 9.90. The molecule has 1 aliphatic rings. The number of carbonyl (C=O) groups is 1. The summed E-state index contributed by atoms with van der Waals surface area (Å²) in [7, 11) is 1.89. The standard InChI is InChI=1S/C23H23N5O/c1-27-15-26-13-18(27)11-22(25)23(29)28-10-9-17(12-24)21(14-28)20-8-4-6-16-5-2-3-7-19(16)20/h2-8,13,15,22H,9-11,14,25H2,1H3. The number of aryl methyl sites for hydroxylation is 1. The predicted molar refractivity (Wildman–Crippen MR) is 113 cm³/mol. The lowest BCUT2D eigenvalue weighted by Crippen LogP contribution is -2.47. The summed E-state index contributed by atoms with van der Waals surface area (Å²) in [6.07, 6.45) is 4.41. The highest BCUT2D eigenvalue weighted by Gasteiger charge is 2.28. The van der Waals surface area contributed by atoms with Crippen LogP contribution in [0.15, 0.2) is 60.6 Å². The fraction of sp³-hybridized carbons (Fsp3) is 0.261. The van der Waals surface area contributed by atoms with E-state index in [9.17, 15) is 10.1 Å². The highest BCUT2D eigenvalue weighted by atomic mass is 16.2. The van der Waals surface area contributed by atoms with E-state index in [0.29, 0.717) is 25.9 Å². The van der Waals surface area contributed by atoms with Crippen LogP contribution in [0.1, 0.15) is 17.7 Å². The zero-order valence-corrected chi connectivity index (χ0v) is 16.4. The van der Waals surface area contributed by atoms with E-state index in [1.807, 2.05) is 35.9 Å². The number of hydrogen-bond donors (Lipinski definition) is 1. The maximum atomic E-state index is 13.0. The van der Waals surface area contributed by atoms with Gasteiger partial charge < -0.3 is 15.2 Å². The van der Waals surface area contributed by atoms with Gasteiger partial charge in [-0.25, -0.2) is 4.98 Å². The van der Waals surface area contributed by atoms with Gasteiger partial charge in [-0.1, -0.05) is 42.5 Å². The van der Waals surface area contributed by atoms with Gasteiger partial charge in [0.2, 0.25) is 5.91 Å². The van der Waals surface area contributed by atoms with Gasteiger partial charge in [0.05, 0.1) is 18.4 Å². The van der Waals surface area contributed by atoms with Gasteiger partial charge in [0.15, 0.2) is 0 Å². The minimum Gasteiger partial charge on any atom is -0.338 e. The second-order valence-corrected chi connectivity index (χ2v) is 7.41. The maximum Gasteiger partial charge on any atom is 0.240 e. The molecule has 6 nitrogen and oxygen atoms in total. The van der Waals surface area contributed by atoms with Crippen LogP contribution in [0.2, 0.25) is 0 Å². The van der Waals surface area contributed by atoms with Crippen molar-refractivity contribution in [3.05, 3.63) is 71.8 Å². The van der Waals surface area contributed by atoms with E-state index < -0.39 is 6.04 Å². The minimum absolute atomic E-state index is 0.0964. The Balaban J connectivity index is 1.62. The van der Waals surface area contributed by atoms with Gasteiger partial charge in [0, 0.05) is 50.4 Å². The second-order valence-electron chi connectivity index (χ2n) is 7.41. The minimum atomic E-state index is -0.636. The van der Waals surface area contributed by atoms with Gasteiger partial charge in [-0.05, 0) is 21.9 Å². The van der Waals surface area contributed by atoms with Crippen molar-refractivity contribution >= 4 is 22.3 Å². The lowest BCUT2D eigenvalue weighted by Gasteiger charge is -2.31. The van der Waals surface area contributed by atoms with E-state index in [2.05, 4.69) is 29.3 Å². The number of rotatable bonds is 4. The Bertz CT molecular complexity index is 1130. The van der Waals surface area contributed by atoms with E-state index in [0.717, 1.165) is 33.2 Å². The summed E-state index contributed by atoms with van der Waals surface area (Å²) in [6, 6.07) is 15.9. The Morgan fingerprint density at radius 2 is 2.07 bits per heavy atom. The van der Waals surface area contributed by atoms with Crippen LogP contribution in [0.3, 0.4) is 0 Å². The Labute approximate surface area is 169 Å². The molecule has 0 bridgehead atoms. The predicted octanol–water partition coefficient (Wildman–Crippen LogP) is 2.65. The van der Waals surface area contributed by atoms with Crippen LogP contribution in [0, 0.1) is 11.3 Å².